The van der Waals surface area contributed by atoms with Crippen molar-refractivity contribution >= 4 is 28.8 Å². The third kappa shape index (κ3) is 5.06. The lowest BCUT2D eigenvalue weighted by Crippen LogP contribution is -2.45. The Morgan fingerprint density at radius 1 is 0.897 bits per heavy atom. The molecular weight excluding hydrogens is 402 g/mol. The number of amides is 1. The fourth-order valence-corrected chi connectivity index (χ4v) is 5.01. The first-order valence-electron chi connectivity index (χ1n) is 9.75. The minimum absolute atomic E-state index is 0.378. The summed E-state index contributed by atoms with van der Waals surface area (Å²) in [6, 6.07) is 20.0. The first kappa shape index (κ1) is 20.1. The van der Waals surface area contributed by atoms with Gasteiger partial charge in [0, 0.05) is 65.2 Å². The molecule has 0 atom stereocenters. The van der Waals surface area contributed by atoms with Crippen molar-refractivity contribution in [3.05, 3.63) is 81.7 Å². The van der Waals surface area contributed by atoms with Crippen LogP contribution in [-0.4, -0.2) is 41.9 Å². The summed E-state index contributed by atoms with van der Waals surface area (Å²) in [6.07, 6.45) is 0. The molecule has 1 saturated heterocycles. The van der Waals surface area contributed by atoms with Crippen molar-refractivity contribution in [2.75, 3.05) is 26.2 Å². The third-order valence-electron chi connectivity index (χ3n) is 5.29. The zero-order valence-electron chi connectivity index (χ0n) is 16.2. The smallest absolute Gasteiger partial charge is 0.248 e. The maximum atomic E-state index is 11.2. The number of benzene rings is 2. The maximum absolute atomic E-state index is 11.2. The second kappa shape index (κ2) is 9.09. The standard InChI is InChI=1S/C23H24ClN3OS/c24-21-4-2-1-3-20(21)22-10-9-19(29-22)16-27-13-11-26(12-14-27)15-17-5-7-18(8-6-17)23(25)28/h1-10H,11-16H2,(H2,25,28). The minimum atomic E-state index is -0.378. The van der Waals surface area contributed by atoms with Crippen molar-refractivity contribution in [3.8, 4) is 10.4 Å². The van der Waals surface area contributed by atoms with Gasteiger partial charge in [-0.25, -0.2) is 0 Å². The zero-order valence-corrected chi connectivity index (χ0v) is 17.8. The molecule has 29 heavy (non-hydrogen) atoms. The van der Waals surface area contributed by atoms with E-state index in [1.165, 1.54) is 15.3 Å². The molecule has 1 aromatic heterocycles. The van der Waals surface area contributed by atoms with Crippen LogP contribution < -0.4 is 5.73 Å². The zero-order chi connectivity index (χ0) is 20.2. The summed E-state index contributed by atoms with van der Waals surface area (Å²) in [4.78, 5) is 18.8. The summed E-state index contributed by atoms with van der Waals surface area (Å²) in [7, 11) is 0. The number of hydrogen-bond donors (Lipinski definition) is 1. The van der Waals surface area contributed by atoms with E-state index in [9.17, 15) is 4.79 Å². The fourth-order valence-electron chi connectivity index (χ4n) is 3.63. The number of nitrogens with zero attached hydrogens (tertiary/aromatic N) is 2. The number of thiophene rings is 1. The Kier molecular flexibility index (Phi) is 6.31. The summed E-state index contributed by atoms with van der Waals surface area (Å²) < 4.78 is 0. The second-order valence-corrected chi connectivity index (χ2v) is 8.93. The molecular formula is C23H24ClN3OS. The fraction of sp³-hybridized carbons (Fsp3) is 0.261. The molecule has 150 valence electrons. The molecule has 0 radical (unpaired) electrons. The van der Waals surface area contributed by atoms with Crippen molar-refractivity contribution in [1.29, 1.82) is 0 Å². The molecule has 6 heteroatoms. The van der Waals surface area contributed by atoms with Crippen LogP contribution in [0.2, 0.25) is 5.02 Å². The molecule has 1 aliphatic rings. The molecule has 4 rings (SSSR count). The Hall–Kier alpha value is -2.18. The van der Waals surface area contributed by atoms with Gasteiger partial charge in [-0.05, 0) is 35.9 Å². The van der Waals surface area contributed by atoms with Gasteiger partial charge < -0.3 is 5.73 Å². The predicted molar refractivity (Wildman–Crippen MR) is 120 cm³/mol. The number of carbonyl (C=O) groups is 1. The van der Waals surface area contributed by atoms with Crippen molar-refractivity contribution in [1.82, 2.24) is 9.80 Å². The normalized spacial score (nSPS) is 15.5. The van der Waals surface area contributed by atoms with Gasteiger partial charge in [-0.2, -0.15) is 0 Å². The van der Waals surface area contributed by atoms with E-state index < -0.39 is 0 Å². The van der Waals surface area contributed by atoms with Gasteiger partial charge in [-0.3, -0.25) is 14.6 Å². The number of rotatable bonds is 6. The van der Waals surface area contributed by atoms with E-state index in [4.69, 9.17) is 17.3 Å². The van der Waals surface area contributed by atoms with E-state index in [1.807, 2.05) is 41.7 Å². The molecule has 2 heterocycles. The molecule has 1 fully saturated rings. The average molecular weight is 426 g/mol. The summed E-state index contributed by atoms with van der Waals surface area (Å²) in [5.41, 5.74) is 8.19. The minimum Gasteiger partial charge on any atom is -0.366 e. The highest BCUT2D eigenvalue weighted by atomic mass is 35.5. The van der Waals surface area contributed by atoms with Crippen LogP contribution in [0.1, 0.15) is 20.8 Å². The van der Waals surface area contributed by atoms with Gasteiger partial charge in [0.2, 0.25) is 5.91 Å². The SMILES string of the molecule is NC(=O)c1ccc(CN2CCN(Cc3ccc(-c4ccccc4Cl)s3)CC2)cc1. The van der Waals surface area contributed by atoms with Gasteiger partial charge in [-0.15, -0.1) is 11.3 Å². The molecule has 0 bridgehead atoms. The Labute approximate surface area is 180 Å². The lowest BCUT2D eigenvalue weighted by Gasteiger charge is -2.34. The van der Waals surface area contributed by atoms with Gasteiger partial charge in [0.1, 0.15) is 0 Å². The van der Waals surface area contributed by atoms with Crippen molar-refractivity contribution in [3.63, 3.8) is 0 Å². The van der Waals surface area contributed by atoms with E-state index in [2.05, 4.69) is 28.0 Å². The summed E-state index contributed by atoms with van der Waals surface area (Å²) in [5.74, 6) is -0.378. The number of piperazine rings is 1. The highest BCUT2D eigenvalue weighted by Crippen LogP contribution is 2.33. The van der Waals surface area contributed by atoms with Crippen LogP contribution in [0, 0.1) is 0 Å². The highest BCUT2D eigenvalue weighted by molar-refractivity contribution is 7.15. The molecule has 0 unspecified atom stereocenters. The van der Waals surface area contributed by atoms with Crippen LogP contribution in [0.25, 0.3) is 10.4 Å². The molecule has 1 amide bonds. The van der Waals surface area contributed by atoms with Gasteiger partial charge in [0.15, 0.2) is 0 Å². The quantitative estimate of drug-likeness (QED) is 0.633. The molecule has 0 saturated carbocycles. The monoisotopic (exact) mass is 425 g/mol. The molecule has 0 spiro atoms. The van der Waals surface area contributed by atoms with Gasteiger partial charge >= 0.3 is 0 Å². The Balaban J connectivity index is 1.29. The largest absolute Gasteiger partial charge is 0.366 e. The number of primary amides is 1. The van der Waals surface area contributed by atoms with Crippen LogP contribution in [0.4, 0.5) is 0 Å². The third-order valence-corrected chi connectivity index (χ3v) is 6.72. The van der Waals surface area contributed by atoms with Crippen molar-refractivity contribution in [2.45, 2.75) is 13.1 Å². The molecule has 4 nitrogen and oxygen atoms in total. The first-order valence-corrected chi connectivity index (χ1v) is 10.9. The Bertz CT molecular complexity index is 978. The summed E-state index contributed by atoms with van der Waals surface area (Å²) >= 11 is 8.16. The van der Waals surface area contributed by atoms with Crippen LogP contribution in [0.15, 0.2) is 60.7 Å². The summed E-state index contributed by atoms with van der Waals surface area (Å²) in [6.45, 7) is 6.08. The number of hydrogen-bond acceptors (Lipinski definition) is 4. The second-order valence-electron chi connectivity index (χ2n) is 7.36. The van der Waals surface area contributed by atoms with Crippen molar-refractivity contribution in [2.24, 2.45) is 5.73 Å². The van der Waals surface area contributed by atoms with Crippen LogP contribution in [0.3, 0.4) is 0 Å². The Morgan fingerprint density at radius 3 is 2.21 bits per heavy atom. The van der Waals surface area contributed by atoms with E-state index in [0.29, 0.717) is 5.56 Å². The highest BCUT2D eigenvalue weighted by Gasteiger charge is 2.18. The van der Waals surface area contributed by atoms with E-state index in [-0.39, 0.29) is 5.91 Å². The number of carbonyl (C=O) groups excluding carboxylic acids is 1. The molecule has 0 aliphatic carbocycles. The lowest BCUT2D eigenvalue weighted by molar-refractivity contribution is 0.1000. The predicted octanol–water partition coefficient (Wildman–Crippen LogP) is 4.49. The average Bonchev–Trinajstić information content (AvgIpc) is 3.18. The van der Waals surface area contributed by atoms with Crippen molar-refractivity contribution < 1.29 is 4.79 Å². The van der Waals surface area contributed by atoms with E-state index in [1.54, 1.807) is 12.1 Å². The molecule has 3 aromatic rings. The molecule has 2 aromatic carbocycles. The Morgan fingerprint density at radius 2 is 1.55 bits per heavy atom. The lowest BCUT2D eigenvalue weighted by atomic mass is 10.1. The van der Waals surface area contributed by atoms with Crippen LogP contribution in [0.5, 0.6) is 0 Å². The summed E-state index contributed by atoms with van der Waals surface area (Å²) in [5, 5.41) is 0.804. The number of halogens is 1. The van der Waals surface area contributed by atoms with E-state index in [0.717, 1.165) is 49.9 Å². The molecule has 1 aliphatic heterocycles. The van der Waals surface area contributed by atoms with Crippen LogP contribution in [-0.2, 0) is 13.1 Å². The van der Waals surface area contributed by atoms with Gasteiger partial charge in [-0.1, -0.05) is 41.9 Å². The topological polar surface area (TPSA) is 49.6 Å². The maximum Gasteiger partial charge on any atom is 0.248 e. The van der Waals surface area contributed by atoms with Crippen LogP contribution >= 0.6 is 22.9 Å². The first-order chi connectivity index (χ1) is 14.1. The van der Waals surface area contributed by atoms with Gasteiger partial charge in [0.05, 0.1) is 0 Å². The molecule has 2 N–H and O–H groups in total. The van der Waals surface area contributed by atoms with Gasteiger partial charge in [0.25, 0.3) is 0 Å². The van der Waals surface area contributed by atoms with E-state index >= 15 is 0 Å². The number of nitrogens with two attached hydrogens (primary N) is 1.